The van der Waals surface area contributed by atoms with Crippen molar-refractivity contribution in [1.82, 2.24) is 4.98 Å². The summed E-state index contributed by atoms with van der Waals surface area (Å²) in [5.74, 6) is 0. The molecule has 1 N–H and O–H groups in total. The van der Waals surface area contributed by atoms with E-state index in [1.54, 1.807) is 12.3 Å². The summed E-state index contributed by atoms with van der Waals surface area (Å²) in [4.78, 5) is 14.6. The number of aromatic nitrogens is 1. The Bertz CT molecular complexity index is 571. The van der Waals surface area contributed by atoms with Crippen LogP contribution in [-0.2, 0) is 0 Å². The molecule has 0 radical (unpaired) electrons. The second-order valence-electron chi connectivity index (χ2n) is 3.53. The lowest BCUT2D eigenvalue weighted by Crippen LogP contribution is -1.99. The van der Waals surface area contributed by atoms with Crippen LogP contribution in [0, 0.1) is 0 Å². The van der Waals surface area contributed by atoms with Crippen molar-refractivity contribution in [3.63, 3.8) is 0 Å². The zero-order valence-corrected chi connectivity index (χ0v) is 10.3. The third-order valence-electron chi connectivity index (χ3n) is 2.37. The second kappa shape index (κ2) is 5.12. The molecule has 0 fully saturated rings. The minimum absolute atomic E-state index is 0.0599. The van der Waals surface area contributed by atoms with Crippen molar-refractivity contribution in [2.75, 3.05) is 5.33 Å². The molecule has 0 atom stereocenters. The number of H-pyrrole nitrogens is 1. The Labute approximate surface area is 102 Å². The van der Waals surface area contributed by atoms with Crippen LogP contribution in [0.15, 0.2) is 41.3 Å². The first-order valence-corrected chi connectivity index (χ1v) is 6.27. The fourth-order valence-electron chi connectivity index (χ4n) is 1.58. The number of halogens is 1. The lowest BCUT2D eigenvalue weighted by molar-refractivity contribution is 1.27. The van der Waals surface area contributed by atoms with Gasteiger partial charge in [0.15, 0.2) is 5.43 Å². The molecule has 0 saturated carbocycles. The lowest BCUT2D eigenvalue weighted by atomic mass is 10.1. The summed E-state index contributed by atoms with van der Waals surface area (Å²) < 4.78 is 0. The van der Waals surface area contributed by atoms with Crippen LogP contribution >= 0.6 is 15.9 Å². The van der Waals surface area contributed by atoms with Crippen LogP contribution in [0.25, 0.3) is 17.0 Å². The van der Waals surface area contributed by atoms with Crippen molar-refractivity contribution in [2.45, 2.75) is 6.42 Å². The Kier molecular flexibility index (Phi) is 3.57. The zero-order valence-electron chi connectivity index (χ0n) is 8.74. The summed E-state index contributed by atoms with van der Waals surface area (Å²) in [6.07, 6.45) is 6.85. The van der Waals surface area contributed by atoms with E-state index in [-0.39, 0.29) is 5.43 Å². The van der Waals surface area contributed by atoms with E-state index in [9.17, 15) is 4.79 Å². The number of fused-ring (bicyclic) bond motifs is 1. The standard InChI is InChI=1S/C13H12BrNO/c14-7-2-1-3-10-4-5-11-12(9-10)15-8-6-13(11)16/h1,3-6,8-9H,2,7H2,(H,15,16). The Hall–Kier alpha value is -1.35. The summed E-state index contributed by atoms with van der Waals surface area (Å²) in [7, 11) is 0. The molecule has 2 rings (SSSR count). The highest BCUT2D eigenvalue weighted by atomic mass is 79.9. The largest absolute Gasteiger partial charge is 0.361 e. The predicted molar refractivity (Wildman–Crippen MR) is 72.0 cm³/mol. The molecule has 3 heteroatoms. The first-order valence-electron chi connectivity index (χ1n) is 5.15. The average molecular weight is 278 g/mol. The Balaban J connectivity index is 2.41. The molecule has 0 spiro atoms. The number of benzene rings is 1. The first-order chi connectivity index (χ1) is 7.81. The molecule has 1 heterocycles. The van der Waals surface area contributed by atoms with Crippen LogP contribution in [-0.4, -0.2) is 10.3 Å². The normalized spacial score (nSPS) is 11.3. The summed E-state index contributed by atoms with van der Waals surface area (Å²) in [6.45, 7) is 0. The van der Waals surface area contributed by atoms with Crippen molar-refractivity contribution < 1.29 is 0 Å². The molecule has 2 aromatic rings. The molecule has 0 aliphatic heterocycles. The van der Waals surface area contributed by atoms with Gasteiger partial charge in [-0.3, -0.25) is 4.79 Å². The van der Waals surface area contributed by atoms with Gasteiger partial charge in [0.25, 0.3) is 0 Å². The number of allylic oxidation sites excluding steroid dienone is 1. The van der Waals surface area contributed by atoms with Gasteiger partial charge in [-0.25, -0.2) is 0 Å². The van der Waals surface area contributed by atoms with Crippen LogP contribution < -0.4 is 5.43 Å². The Morgan fingerprint density at radius 2 is 2.19 bits per heavy atom. The second-order valence-corrected chi connectivity index (χ2v) is 4.32. The van der Waals surface area contributed by atoms with E-state index in [2.05, 4.69) is 33.1 Å². The predicted octanol–water partition coefficient (Wildman–Crippen LogP) is 3.33. The molecule has 2 nitrogen and oxygen atoms in total. The summed E-state index contributed by atoms with van der Waals surface area (Å²) in [6, 6.07) is 7.36. The number of nitrogens with one attached hydrogen (secondary N) is 1. The fourth-order valence-corrected chi connectivity index (χ4v) is 1.84. The Morgan fingerprint density at radius 1 is 1.31 bits per heavy atom. The van der Waals surface area contributed by atoms with Crippen LogP contribution in [0.4, 0.5) is 0 Å². The molecule has 0 bridgehead atoms. The van der Waals surface area contributed by atoms with Gasteiger partial charge in [-0.2, -0.15) is 0 Å². The van der Waals surface area contributed by atoms with Crippen LogP contribution in [0.1, 0.15) is 12.0 Å². The summed E-state index contributed by atoms with van der Waals surface area (Å²) >= 11 is 3.37. The highest BCUT2D eigenvalue weighted by Gasteiger charge is 1.97. The number of hydrogen-bond donors (Lipinski definition) is 1. The van der Waals surface area contributed by atoms with E-state index in [4.69, 9.17) is 0 Å². The Morgan fingerprint density at radius 3 is 3.00 bits per heavy atom. The van der Waals surface area contributed by atoms with Gasteiger partial charge < -0.3 is 4.98 Å². The minimum atomic E-state index is 0.0599. The quantitative estimate of drug-likeness (QED) is 0.858. The van der Waals surface area contributed by atoms with Crippen LogP contribution in [0.3, 0.4) is 0 Å². The number of rotatable bonds is 3. The van der Waals surface area contributed by atoms with Gasteiger partial charge in [-0.15, -0.1) is 0 Å². The molecule has 0 aliphatic rings. The maximum atomic E-state index is 11.5. The number of hydrogen-bond acceptors (Lipinski definition) is 1. The van der Waals surface area contributed by atoms with E-state index in [0.29, 0.717) is 0 Å². The maximum Gasteiger partial charge on any atom is 0.189 e. The van der Waals surface area contributed by atoms with E-state index in [1.807, 2.05) is 18.2 Å². The van der Waals surface area contributed by atoms with Crippen LogP contribution in [0.2, 0.25) is 0 Å². The van der Waals surface area contributed by atoms with E-state index < -0.39 is 0 Å². The third kappa shape index (κ3) is 2.42. The molecule has 0 aliphatic carbocycles. The van der Waals surface area contributed by atoms with Crippen molar-refractivity contribution >= 4 is 32.9 Å². The van der Waals surface area contributed by atoms with Gasteiger partial charge in [-0.1, -0.05) is 34.1 Å². The van der Waals surface area contributed by atoms with E-state index in [0.717, 1.165) is 28.2 Å². The first kappa shape index (κ1) is 11.1. The third-order valence-corrected chi connectivity index (χ3v) is 2.83. The van der Waals surface area contributed by atoms with Crippen LogP contribution in [0.5, 0.6) is 0 Å². The van der Waals surface area contributed by atoms with E-state index in [1.165, 1.54) is 0 Å². The lowest BCUT2D eigenvalue weighted by Gasteiger charge is -1.98. The zero-order chi connectivity index (χ0) is 11.4. The molecule has 0 amide bonds. The average Bonchev–Trinajstić information content (AvgIpc) is 2.30. The summed E-state index contributed by atoms with van der Waals surface area (Å²) in [5, 5.41) is 1.70. The van der Waals surface area contributed by atoms with Gasteiger partial charge in [0.05, 0.1) is 0 Å². The number of pyridine rings is 1. The molecule has 82 valence electrons. The van der Waals surface area contributed by atoms with Gasteiger partial charge in [0.2, 0.25) is 0 Å². The van der Waals surface area contributed by atoms with Gasteiger partial charge in [0.1, 0.15) is 0 Å². The molecule has 0 unspecified atom stereocenters. The highest BCUT2D eigenvalue weighted by molar-refractivity contribution is 9.09. The SMILES string of the molecule is O=c1cc[nH]c2cc(C=CCCBr)ccc12. The molecule has 0 saturated heterocycles. The van der Waals surface area contributed by atoms with Gasteiger partial charge >= 0.3 is 0 Å². The molecular formula is C13H12BrNO. The van der Waals surface area contributed by atoms with E-state index >= 15 is 0 Å². The number of alkyl halides is 1. The fraction of sp³-hybridized carbons (Fsp3) is 0.154. The monoisotopic (exact) mass is 277 g/mol. The number of aromatic amines is 1. The van der Waals surface area contributed by atoms with Crippen molar-refractivity contribution in [3.8, 4) is 0 Å². The van der Waals surface area contributed by atoms with Crippen molar-refractivity contribution in [1.29, 1.82) is 0 Å². The highest BCUT2D eigenvalue weighted by Crippen LogP contribution is 2.11. The molecular weight excluding hydrogens is 266 g/mol. The molecule has 16 heavy (non-hydrogen) atoms. The molecule has 1 aromatic heterocycles. The summed E-state index contributed by atoms with van der Waals surface area (Å²) in [5.41, 5.74) is 2.05. The minimum Gasteiger partial charge on any atom is -0.361 e. The maximum absolute atomic E-state index is 11.5. The van der Waals surface area contributed by atoms with Gasteiger partial charge in [-0.05, 0) is 24.1 Å². The van der Waals surface area contributed by atoms with Gasteiger partial charge in [0, 0.05) is 28.5 Å². The smallest absolute Gasteiger partial charge is 0.189 e. The molecule has 1 aromatic carbocycles. The van der Waals surface area contributed by atoms with Crippen molar-refractivity contribution in [3.05, 3.63) is 52.3 Å². The topological polar surface area (TPSA) is 32.9 Å². The van der Waals surface area contributed by atoms with Crippen molar-refractivity contribution in [2.24, 2.45) is 0 Å².